The van der Waals surface area contributed by atoms with Crippen molar-refractivity contribution in [3.8, 4) is 0 Å². The third-order valence-corrected chi connectivity index (χ3v) is 3.36. The maximum Gasteiger partial charge on any atom is 0.410 e. The monoisotopic (exact) mass is 309 g/mol. The summed E-state index contributed by atoms with van der Waals surface area (Å²) in [5.41, 5.74) is -0.579. The first kappa shape index (κ1) is 16.5. The van der Waals surface area contributed by atoms with Crippen molar-refractivity contribution in [2.45, 2.75) is 51.8 Å². The Bertz CT molecular complexity index is 517. The van der Waals surface area contributed by atoms with E-state index >= 15 is 0 Å². The Hall–Kier alpha value is -1.82. The number of furan rings is 1. The second-order valence-electron chi connectivity index (χ2n) is 6.53. The number of ether oxygens (including phenoxy) is 2. The normalized spacial score (nSPS) is 22.5. The molecule has 2 unspecified atom stereocenters. The zero-order chi connectivity index (χ0) is 16.3. The molecule has 0 saturated carbocycles. The molecule has 0 spiro atoms. The maximum absolute atomic E-state index is 12.4. The van der Waals surface area contributed by atoms with Gasteiger partial charge in [-0.3, -0.25) is 9.69 Å². The lowest BCUT2D eigenvalue weighted by atomic mass is 10.0. The molecular formula is C16H23NO5. The standard InChI is InChI=1S/C16H23NO5/c1-11-9-20-10-12(8-13(18)14-6-5-7-21-14)17(11)15(19)22-16(2,3)4/h5-7,11-12H,8-10H2,1-4H3. The molecule has 0 N–H and O–H groups in total. The van der Waals surface area contributed by atoms with Gasteiger partial charge in [0.25, 0.3) is 0 Å². The molecule has 0 radical (unpaired) electrons. The van der Waals surface area contributed by atoms with Crippen LogP contribution in [0.4, 0.5) is 4.79 Å². The number of hydrogen-bond donors (Lipinski definition) is 0. The predicted molar refractivity (Wildman–Crippen MR) is 79.8 cm³/mol. The highest BCUT2D eigenvalue weighted by atomic mass is 16.6. The first-order valence-electron chi connectivity index (χ1n) is 7.43. The van der Waals surface area contributed by atoms with Crippen LogP contribution in [0, 0.1) is 0 Å². The Morgan fingerprint density at radius 3 is 2.68 bits per heavy atom. The Morgan fingerprint density at radius 1 is 1.36 bits per heavy atom. The SMILES string of the molecule is CC1COCC(CC(=O)c2ccco2)N1C(=O)OC(C)(C)C. The molecule has 122 valence electrons. The lowest BCUT2D eigenvalue weighted by Crippen LogP contribution is -2.55. The fourth-order valence-corrected chi connectivity index (χ4v) is 2.45. The maximum atomic E-state index is 12.4. The van der Waals surface area contributed by atoms with Crippen molar-refractivity contribution in [1.29, 1.82) is 0 Å². The van der Waals surface area contributed by atoms with Crippen LogP contribution >= 0.6 is 0 Å². The summed E-state index contributed by atoms with van der Waals surface area (Å²) in [6.07, 6.45) is 1.19. The highest BCUT2D eigenvalue weighted by Crippen LogP contribution is 2.22. The van der Waals surface area contributed by atoms with Crippen molar-refractivity contribution in [3.05, 3.63) is 24.2 Å². The minimum atomic E-state index is -0.579. The molecule has 1 saturated heterocycles. The molecule has 1 aliphatic rings. The average molecular weight is 309 g/mol. The lowest BCUT2D eigenvalue weighted by molar-refractivity contribution is -0.0559. The molecule has 0 bridgehead atoms. The third kappa shape index (κ3) is 4.10. The molecule has 0 aliphatic carbocycles. The minimum Gasteiger partial charge on any atom is -0.461 e. The number of ketones is 1. The molecule has 2 rings (SSSR count). The first-order valence-corrected chi connectivity index (χ1v) is 7.43. The highest BCUT2D eigenvalue weighted by Gasteiger charge is 2.36. The van der Waals surface area contributed by atoms with Crippen LogP contribution in [0.1, 0.15) is 44.7 Å². The van der Waals surface area contributed by atoms with Crippen molar-refractivity contribution in [1.82, 2.24) is 4.90 Å². The van der Waals surface area contributed by atoms with Gasteiger partial charge in [-0.1, -0.05) is 0 Å². The van der Waals surface area contributed by atoms with Gasteiger partial charge < -0.3 is 13.9 Å². The number of hydrogen-bond acceptors (Lipinski definition) is 5. The Balaban J connectivity index is 2.09. The molecule has 2 atom stereocenters. The van der Waals surface area contributed by atoms with Crippen molar-refractivity contribution >= 4 is 11.9 Å². The van der Waals surface area contributed by atoms with Crippen molar-refractivity contribution < 1.29 is 23.5 Å². The summed E-state index contributed by atoms with van der Waals surface area (Å²) in [6, 6.07) is 2.79. The van der Waals surface area contributed by atoms with E-state index < -0.39 is 11.7 Å². The first-order chi connectivity index (χ1) is 10.3. The summed E-state index contributed by atoms with van der Waals surface area (Å²) in [6.45, 7) is 8.09. The average Bonchev–Trinajstić information content (AvgIpc) is 2.90. The fraction of sp³-hybridized carbons (Fsp3) is 0.625. The summed E-state index contributed by atoms with van der Waals surface area (Å²) in [7, 11) is 0. The van der Waals surface area contributed by atoms with E-state index in [9.17, 15) is 9.59 Å². The van der Waals surface area contributed by atoms with E-state index in [0.29, 0.717) is 19.0 Å². The van der Waals surface area contributed by atoms with Gasteiger partial charge in [0.15, 0.2) is 11.5 Å². The summed E-state index contributed by atoms with van der Waals surface area (Å²) in [5, 5.41) is 0. The van der Waals surface area contributed by atoms with E-state index in [0.717, 1.165) is 0 Å². The smallest absolute Gasteiger partial charge is 0.410 e. The molecule has 0 aromatic carbocycles. The van der Waals surface area contributed by atoms with E-state index in [1.165, 1.54) is 6.26 Å². The number of amides is 1. The van der Waals surface area contributed by atoms with Crippen molar-refractivity contribution in [2.24, 2.45) is 0 Å². The molecule has 1 aromatic rings. The summed E-state index contributed by atoms with van der Waals surface area (Å²) < 4.78 is 16.1. The number of nitrogens with zero attached hydrogens (tertiary/aromatic N) is 1. The molecule has 1 aromatic heterocycles. The van der Waals surface area contributed by atoms with Crippen molar-refractivity contribution in [3.63, 3.8) is 0 Å². The molecule has 1 fully saturated rings. The Labute approximate surface area is 130 Å². The van der Waals surface area contributed by atoms with Crippen LogP contribution in [0.15, 0.2) is 22.8 Å². The number of rotatable bonds is 3. The van der Waals surface area contributed by atoms with E-state index in [1.807, 2.05) is 27.7 Å². The third-order valence-electron chi connectivity index (χ3n) is 3.36. The molecule has 2 heterocycles. The molecule has 6 nitrogen and oxygen atoms in total. The molecule has 1 aliphatic heterocycles. The van der Waals surface area contributed by atoms with Gasteiger partial charge in [-0.15, -0.1) is 0 Å². The summed E-state index contributed by atoms with van der Waals surface area (Å²) >= 11 is 0. The van der Waals surface area contributed by atoms with Crippen LogP contribution in [-0.2, 0) is 9.47 Å². The number of carbonyl (C=O) groups excluding carboxylic acids is 2. The Morgan fingerprint density at radius 2 is 2.09 bits per heavy atom. The van der Waals surface area contributed by atoms with Crippen LogP contribution in [0.25, 0.3) is 0 Å². The van der Waals surface area contributed by atoms with E-state index in [2.05, 4.69) is 0 Å². The lowest BCUT2D eigenvalue weighted by Gasteiger charge is -2.40. The predicted octanol–water partition coefficient (Wildman–Crippen LogP) is 2.88. The topological polar surface area (TPSA) is 69.0 Å². The second kappa shape index (κ2) is 6.52. The second-order valence-corrected chi connectivity index (χ2v) is 6.53. The molecule has 22 heavy (non-hydrogen) atoms. The van der Waals surface area contributed by atoms with E-state index in [4.69, 9.17) is 13.9 Å². The van der Waals surface area contributed by atoms with E-state index in [-0.39, 0.29) is 24.3 Å². The largest absolute Gasteiger partial charge is 0.461 e. The number of morpholine rings is 1. The highest BCUT2D eigenvalue weighted by molar-refractivity contribution is 5.94. The van der Waals surface area contributed by atoms with Crippen LogP contribution in [0.2, 0.25) is 0 Å². The van der Waals surface area contributed by atoms with Crippen LogP contribution in [0.5, 0.6) is 0 Å². The molecule has 1 amide bonds. The van der Waals surface area contributed by atoms with Gasteiger partial charge >= 0.3 is 6.09 Å². The summed E-state index contributed by atoms with van der Waals surface area (Å²) in [4.78, 5) is 26.2. The van der Waals surface area contributed by atoms with E-state index in [1.54, 1.807) is 17.0 Å². The zero-order valence-corrected chi connectivity index (χ0v) is 13.5. The summed E-state index contributed by atoms with van der Waals surface area (Å²) in [5.74, 6) is 0.142. The molecule has 6 heteroatoms. The van der Waals surface area contributed by atoms with Crippen LogP contribution < -0.4 is 0 Å². The number of carbonyl (C=O) groups is 2. The van der Waals surface area contributed by atoms with Gasteiger partial charge in [0.05, 0.1) is 31.6 Å². The van der Waals surface area contributed by atoms with Gasteiger partial charge in [0.2, 0.25) is 0 Å². The fourth-order valence-electron chi connectivity index (χ4n) is 2.45. The Kier molecular flexibility index (Phi) is 4.90. The van der Waals surface area contributed by atoms with Crippen molar-refractivity contribution in [2.75, 3.05) is 13.2 Å². The number of Topliss-reactive ketones (excluding diaryl/α,β-unsaturated/α-hetero) is 1. The zero-order valence-electron chi connectivity index (χ0n) is 13.5. The van der Waals surface area contributed by atoms with Gasteiger partial charge in [-0.25, -0.2) is 4.79 Å². The van der Waals surface area contributed by atoms with Gasteiger partial charge in [-0.05, 0) is 39.8 Å². The van der Waals surface area contributed by atoms with Gasteiger partial charge in [0, 0.05) is 6.42 Å². The van der Waals surface area contributed by atoms with Gasteiger partial charge in [-0.2, -0.15) is 0 Å². The van der Waals surface area contributed by atoms with Crippen LogP contribution in [-0.4, -0.2) is 47.7 Å². The van der Waals surface area contributed by atoms with Gasteiger partial charge in [0.1, 0.15) is 5.60 Å². The minimum absolute atomic E-state index is 0.141. The van der Waals surface area contributed by atoms with Crippen LogP contribution in [0.3, 0.4) is 0 Å². The quantitative estimate of drug-likeness (QED) is 0.803. The molecular weight excluding hydrogens is 286 g/mol.